The molecule has 3 rings (SSSR count). The van der Waals surface area contributed by atoms with Gasteiger partial charge >= 0.3 is 0 Å². The number of benzene rings is 1. The summed E-state index contributed by atoms with van der Waals surface area (Å²) < 4.78 is 26.5. The van der Waals surface area contributed by atoms with Crippen molar-refractivity contribution in [1.82, 2.24) is 5.32 Å². The molecule has 2 aliphatic rings. The van der Waals surface area contributed by atoms with Crippen LogP contribution >= 0.6 is 0 Å². The largest absolute Gasteiger partial charge is 0.310 e. The molecule has 98 valence electrons. The molecule has 0 aliphatic heterocycles. The quantitative estimate of drug-likeness (QED) is 0.839. The van der Waals surface area contributed by atoms with Gasteiger partial charge in [0.15, 0.2) is 0 Å². The molecule has 1 N–H and O–H groups in total. The fourth-order valence-corrected chi connectivity index (χ4v) is 2.90. The van der Waals surface area contributed by atoms with Crippen LogP contribution in [0, 0.1) is 23.0 Å². The second kappa shape index (κ2) is 4.30. The van der Waals surface area contributed by atoms with E-state index in [-0.39, 0.29) is 6.04 Å². The highest BCUT2D eigenvalue weighted by Crippen LogP contribution is 2.60. The van der Waals surface area contributed by atoms with E-state index in [4.69, 9.17) is 0 Å². The van der Waals surface area contributed by atoms with E-state index in [0.717, 1.165) is 18.5 Å². The highest BCUT2D eigenvalue weighted by molar-refractivity contribution is 5.22. The molecule has 3 heteroatoms. The molecule has 0 amide bonds. The summed E-state index contributed by atoms with van der Waals surface area (Å²) in [5, 5.41) is 3.42. The van der Waals surface area contributed by atoms with Crippen LogP contribution < -0.4 is 5.32 Å². The molecule has 1 atom stereocenters. The van der Waals surface area contributed by atoms with Crippen molar-refractivity contribution in [2.75, 3.05) is 6.54 Å². The summed E-state index contributed by atoms with van der Waals surface area (Å²) in [6, 6.07) is 3.77. The first-order valence-corrected chi connectivity index (χ1v) is 6.79. The third kappa shape index (κ3) is 2.28. The van der Waals surface area contributed by atoms with Gasteiger partial charge in [-0.15, -0.1) is 0 Å². The summed E-state index contributed by atoms with van der Waals surface area (Å²) in [5.74, 6) is -0.0679. The average molecular weight is 251 g/mol. The molecule has 18 heavy (non-hydrogen) atoms. The van der Waals surface area contributed by atoms with Gasteiger partial charge in [0.25, 0.3) is 0 Å². The molecule has 1 unspecified atom stereocenters. The smallest absolute Gasteiger partial charge is 0.130 e. The van der Waals surface area contributed by atoms with Gasteiger partial charge in [-0.3, -0.25) is 0 Å². The van der Waals surface area contributed by atoms with Crippen LogP contribution in [0.1, 0.15) is 44.2 Å². The summed E-state index contributed by atoms with van der Waals surface area (Å²) >= 11 is 0. The molecule has 0 spiro atoms. The lowest BCUT2D eigenvalue weighted by Crippen LogP contribution is -2.28. The van der Waals surface area contributed by atoms with Crippen LogP contribution in [0.15, 0.2) is 18.2 Å². The summed E-state index contributed by atoms with van der Waals surface area (Å²) in [6.45, 7) is 2.91. The van der Waals surface area contributed by atoms with Gasteiger partial charge in [0.05, 0.1) is 0 Å². The maximum absolute atomic E-state index is 13.6. The summed E-state index contributed by atoms with van der Waals surface area (Å²) in [5.41, 5.74) is 1.06. The molecule has 0 bridgehead atoms. The minimum atomic E-state index is -0.514. The predicted octanol–water partition coefficient (Wildman–Crippen LogP) is 3.81. The second-order valence-electron chi connectivity index (χ2n) is 5.91. The van der Waals surface area contributed by atoms with Crippen molar-refractivity contribution >= 4 is 0 Å². The van der Waals surface area contributed by atoms with Crippen molar-refractivity contribution in [3.8, 4) is 0 Å². The van der Waals surface area contributed by atoms with Crippen LogP contribution in [-0.2, 0) is 0 Å². The normalized spacial score (nSPS) is 22.8. The zero-order valence-corrected chi connectivity index (χ0v) is 10.7. The van der Waals surface area contributed by atoms with Crippen molar-refractivity contribution in [2.45, 2.75) is 38.6 Å². The molecule has 1 aromatic rings. The topological polar surface area (TPSA) is 12.0 Å². The predicted molar refractivity (Wildman–Crippen MR) is 67.2 cm³/mol. The molecule has 0 saturated heterocycles. The first-order valence-electron chi connectivity index (χ1n) is 6.79. The lowest BCUT2D eigenvalue weighted by Gasteiger charge is -2.20. The van der Waals surface area contributed by atoms with Crippen molar-refractivity contribution in [3.05, 3.63) is 35.4 Å². The van der Waals surface area contributed by atoms with Gasteiger partial charge < -0.3 is 5.32 Å². The monoisotopic (exact) mass is 251 g/mol. The van der Waals surface area contributed by atoms with E-state index in [2.05, 4.69) is 5.32 Å². The van der Waals surface area contributed by atoms with Crippen LogP contribution in [-0.4, -0.2) is 6.54 Å². The Morgan fingerprint density at radius 2 is 2.06 bits per heavy atom. The number of rotatable bonds is 5. The maximum atomic E-state index is 13.6. The fraction of sp³-hybridized carbons (Fsp3) is 0.600. The van der Waals surface area contributed by atoms with Gasteiger partial charge in [-0.05, 0) is 50.0 Å². The third-order valence-electron chi connectivity index (χ3n) is 4.52. The van der Waals surface area contributed by atoms with Gasteiger partial charge in [0.1, 0.15) is 11.6 Å². The van der Waals surface area contributed by atoms with Crippen LogP contribution in [0.25, 0.3) is 0 Å². The number of hydrogen-bond donors (Lipinski definition) is 1. The minimum Gasteiger partial charge on any atom is -0.310 e. The number of halogens is 2. The summed E-state index contributed by atoms with van der Waals surface area (Å²) in [4.78, 5) is 0. The number of nitrogens with one attached hydrogen (secondary N) is 1. The highest BCUT2D eigenvalue weighted by atomic mass is 19.1. The van der Waals surface area contributed by atoms with Crippen LogP contribution in [0.5, 0.6) is 0 Å². The molecule has 0 heterocycles. The van der Waals surface area contributed by atoms with Crippen molar-refractivity contribution in [2.24, 2.45) is 11.3 Å². The third-order valence-corrected chi connectivity index (χ3v) is 4.52. The van der Waals surface area contributed by atoms with E-state index >= 15 is 0 Å². The first kappa shape index (κ1) is 12.1. The Morgan fingerprint density at radius 1 is 1.33 bits per heavy atom. The molecule has 0 aromatic heterocycles. The van der Waals surface area contributed by atoms with E-state index in [1.165, 1.54) is 31.7 Å². The Labute approximate surface area is 107 Å². The Hall–Kier alpha value is -0.960. The Bertz CT molecular complexity index is 450. The van der Waals surface area contributed by atoms with Crippen molar-refractivity contribution in [1.29, 1.82) is 0 Å². The van der Waals surface area contributed by atoms with Gasteiger partial charge in [0, 0.05) is 24.2 Å². The first-order chi connectivity index (χ1) is 8.61. The van der Waals surface area contributed by atoms with Crippen LogP contribution in [0.2, 0.25) is 0 Å². The average Bonchev–Trinajstić information content (AvgIpc) is 3.17. The zero-order chi connectivity index (χ0) is 12.8. The van der Waals surface area contributed by atoms with Crippen LogP contribution in [0.4, 0.5) is 8.78 Å². The van der Waals surface area contributed by atoms with Gasteiger partial charge in [-0.25, -0.2) is 8.78 Å². The summed E-state index contributed by atoms with van der Waals surface area (Å²) in [6.07, 6.45) is 5.34. The molecular weight excluding hydrogens is 232 g/mol. The van der Waals surface area contributed by atoms with Crippen molar-refractivity contribution < 1.29 is 8.78 Å². The molecule has 1 aromatic carbocycles. The van der Waals surface area contributed by atoms with Gasteiger partial charge in [0.2, 0.25) is 0 Å². The Kier molecular flexibility index (Phi) is 2.89. The lowest BCUT2D eigenvalue weighted by molar-refractivity contribution is 0.378. The van der Waals surface area contributed by atoms with Crippen molar-refractivity contribution in [3.63, 3.8) is 0 Å². The number of hydrogen-bond acceptors (Lipinski definition) is 1. The van der Waals surface area contributed by atoms with E-state index in [1.54, 1.807) is 6.07 Å². The van der Waals surface area contributed by atoms with E-state index in [0.29, 0.717) is 11.0 Å². The lowest BCUT2D eigenvalue weighted by atomic mass is 9.99. The van der Waals surface area contributed by atoms with E-state index in [9.17, 15) is 8.78 Å². The van der Waals surface area contributed by atoms with Crippen LogP contribution in [0.3, 0.4) is 0 Å². The van der Waals surface area contributed by atoms with E-state index < -0.39 is 11.6 Å². The van der Waals surface area contributed by atoms with Gasteiger partial charge in [-0.2, -0.15) is 0 Å². The zero-order valence-electron chi connectivity index (χ0n) is 10.7. The molecule has 2 fully saturated rings. The Morgan fingerprint density at radius 3 is 2.61 bits per heavy atom. The molecule has 2 saturated carbocycles. The fourth-order valence-electron chi connectivity index (χ4n) is 2.90. The summed E-state index contributed by atoms with van der Waals surface area (Å²) in [7, 11) is 0. The highest BCUT2D eigenvalue weighted by Gasteiger charge is 2.53. The second-order valence-corrected chi connectivity index (χ2v) is 5.91. The molecule has 2 aliphatic carbocycles. The maximum Gasteiger partial charge on any atom is 0.130 e. The standard InChI is InChI=1S/C15H19F2N/c1-10(13-5-4-12(16)8-14(13)17)18-9-15(6-7-15)11-2-3-11/h4-5,8,10-11,18H,2-3,6-7,9H2,1H3. The Balaban J connectivity index is 1.62. The van der Waals surface area contributed by atoms with E-state index in [1.807, 2.05) is 6.92 Å². The molecule has 0 radical (unpaired) electrons. The van der Waals surface area contributed by atoms with Gasteiger partial charge in [-0.1, -0.05) is 6.07 Å². The minimum absolute atomic E-state index is 0.0539. The molecule has 1 nitrogen and oxygen atoms in total. The molecular formula is C15H19F2N. The SMILES string of the molecule is CC(NCC1(C2CC2)CC1)c1ccc(F)cc1F.